The molecule has 1 aliphatic heterocycles. The highest BCUT2D eigenvalue weighted by molar-refractivity contribution is 8.00. The fraction of sp³-hybridized carbons (Fsp3) is 0.125. The average Bonchev–Trinajstić information content (AvgIpc) is 3.28. The summed E-state index contributed by atoms with van der Waals surface area (Å²) >= 11 is 13.0. The van der Waals surface area contributed by atoms with E-state index in [4.69, 9.17) is 27.9 Å². The predicted molar refractivity (Wildman–Crippen MR) is 163 cm³/mol. The van der Waals surface area contributed by atoms with Crippen LogP contribution in [-0.2, 0) is 14.3 Å². The Balaban J connectivity index is 1.26. The number of benzene rings is 3. The summed E-state index contributed by atoms with van der Waals surface area (Å²) in [5, 5.41) is 9.72. The Hall–Kier alpha value is -4.49. The van der Waals surface area contributed by atoms with Crippen molar-refractivity contribution in [3.8, 4) is 17.3 Å². The SMILES string of the molecule is Cc1ccc(-c2ccc(C#N)c(SC3CC(=O)N(c4ccc(C(=O)OCC(=O)c5ccc(Cl)cc5Cl)cc4)C3=O)n2)cc1. The molecule has 4 aromatic rings. The first-order valence-corrected chi connectivity index (χ1v) is 14.5. The van der Waals surface area contributed by atoms with E-state index in [-0.39, 0.29) is 28.3 Å². The van der Waals surface area contributed by atoms with Gasteiger partial charge in [0.05, 0.1) is 32.8 Å². The summed E-state index contributed by atoms with van der Waals surface area (Å²) in [5.74, 6) is -2.14. The van der Waals surface area contributed by atoms with Gasteiger partial charge in [0.25, 0.3) is 0 Å². The van der Waals surface area contributed by atoms with Crippen molar-refractivity contribution in [1.29, 1.82) is 5.26 Å². The lowest BCUT2D eigenvalue weighted by Crippen LogP contribution is -2.31. The zero-order chi connectivity index (χ0) is 30.7. The number of anilines is 1. The molecule has 43 heavy (non-hydrogen) atoms. The molecule has 1 saturated heterocycles. The molecule has 214 valence electrons. The third-order valence-corrected chi connectivity index (χ3v) is 8.35. The average molecular weight is 631 g/mol. The monoisotopic (exact) mass is 629 g/mol. The molecule has 2 amide bonds. The molecule has 1 aliphatic rings. The van der Waals surface area contributed by atoms with Crippen molar-refractivity contribution in [2.24, 2.45) is 0 Å². The lowest BCUT2D eigenvalue weighted by molar-refractivity contribution is -0.121. The number of esters is 1. The maximum atomic E-state index is 13.3. The molecule has 2 heterocycles. The van der Waals surface area contributed by atoms with Gasteiger partial charge in [0.2, 0.25) is 17.6 Å². The number of hydrogen-bond acceptors (Lipinski definition) is 8. The molecule has 1 unspecified atom stereocenters. The topological polar surface area (TPSA) is 117 Å². The number of aryl methyl sites for hydroxylation is 1. The van der Waals surface area contributed by atoms with Gasteiger partial charge in [-0.3, -0.25) is 14.4 Å². The number of pyridine rings is 1. The van der Waals surface area contributed by atoms with Gasteiger partial charge in [-0.1, -0.05) is 64.8 Å². The third-order valence-electron chi connectivity index (χ3n) is 6.61. The lowest BCUT2D eigenvalue weighted by Gasteiger charge is -2.15. The van der Waals surface area contributed by atoms with Gasteiger partial charge < -0.3 is 4.74 Å². The van der Waals surface area contributed by atoms with Crippen molar-refractivity contribution in [3.63, 3.8) is 0 Å². The molecular weight excluding hydrogens is 609 g/mol. The van der Waals surface area contributed by atoms with E-state index < -0.39 is 35.4 Å². The van der Waals surface area contributed by atoms with Crippen molar-refractivity contribution >= 4 is 64.2 Å². The number of amides is 2. The molecule has 0 bridgehead atoms. The number of carbonyl (C=O) groups excluding carboxylic acids is 4. The molecule has 0 spiro atoms. The van der Waals surface area contributed by atoms with E-state index in [0.717, 1.165) is 27.8 Å². The molecule has 8 nitrogen and oxygen atoms in total. The third kappa shape index (κ3) is 6.62. The van der Waals surface area contributed by atoms with Crippen molar-refractivity contribution < 1.29 is 23.9 Å². The van der Waals surface area contributed by atoms with Gasteiger partial charge in [0.15, 0.2) is 6.61 Å². The zero-order valence-corrected chi connectivity index (χ0v) is 24.9. The van der Waals surface area contributed by atoms with Crippen LogP contribution >= 0.6 is 35.0 Å². The Morgan fingerprint density at radius 1 is 1.02 bits per heavy atom. The molecular formula is C32H21Cl2N3O5S. The van der Waals surface area contributed by atoms with Crippen molar-refractivity contribution in [2.45, 2.75) is 23.6 Å². The van der Waals surface area contributed by atoms with Crippen LogP contribution in [0.25, 0.3) is 11.3 Å². The van der Waals surface area contributed by atoms with Gasteiger partial charge in [-0.2, -0.15) is 5.26 Å². The van der Waals surface area contributed by atoms with Gasteiger partial charge in [-0.25, -0.2) is 14.7 Å². The highest BCUT2D eigenvalue weighted by Gasteiger charge is 2.41. The van der Waals surface area contributed by atoms with Crippen LogP contribution in [0.4, 0.5) is 5.69 Å². The number of rotatable bonds is 8. The number of hydrogen-bond donors (Lipinski definition) is 0. The molecule has 1 fully saturated rings. The van der Waals surface area contributed by atoms with Crippen LogP contribution in [0.5, 0.6) is 0 Å². The normalized spacial score (nSPS) is 14.5. The Morgan fingerprint density at radius 2 is 1.74 bits per heavy atom. The number of ether oxygens (including phenoxy) is 1. The Kier molecular flexibility index (Phi) is 8.92. The fourth-order valence-electron chi connectivity index (χ4n) is 4.36. The van der Waals surface area contributed by atoms with Crippen molar-refractivity contribution in [3.05, 3.63) is 111 Å². The number of nitrogens with zero attached hydrogens (tertiary/aromatic N) is 3. The highest BCUT2D eigenvalue weighted by atomic mass is 35.5. The van der Waals surface area contributed by atoms with Gasteiger partial charge in [0.1, 0.15) is 11.1 Å². The first-order valence-electron chi connectivity index (χ1n) is 12.9. The molecule has 11 heteroatoms. The van der Waals surface area contributed by atoms with E-state index in [1.807, 2.05) is 31.2 Å². The van der Waals surface area contributed by atoms with E-state index >= 15 is 0 Å². The quantitative estimate of drug-likeness (QED) is 0.120. The van der Waals surface area contributed by atoms with Crippen LogP contribution in [0.15, 0.2) is 83.9 Å². The van der Waals surface area contributed by atoms with Crippen molar-refractivity contribution in [1.82, 2.24) is 4.98 Å². The van der Waals surface area contributed by atoms with Crippen LogP contribution < -0.4 is 4.90 Å². The maximum absolute atomic E-state index is 13.3. The fourth-order valence-corrected chi connectivity index (χ4v) is 5.96. The molecule has 0 N–H and O–H groups in total. The summed E-state index contributed by atoms with van der Waals surface area (Å²) in [4.78, 5) is 56.8. The Morgan fingerprint density at radius 3 is 2.42 bits per heavy atom. The summed E-state index contributed by atoms with van der Waals surface area (Å²) in [6.45, 7) is 1.45. The van der Waals surface area contributed by atoms with Crippen molar-refractivity contribution in [2.75, 3.05) is 11.5 Å². The summed E-state index contributed by atoms with van der Waals surface area (Å²) in [6.07, 6.45) is -0.0794. The van der Waals surface area contributed by atoms with Crippen LogP contribution in [0.3, 0.4) is 0 Å². The molecule has 0 saturated carbocycles. The van der Waals surface area contributed by atoms with E-state index in [2.05, 4.69) is 11.1 Å². The molecule has 3 aromatic carbocycles. The van der Waals surface area contributed by atoms with Crippen LogP contribution in [0.1, 0.15) is 38.3 Å². The van der Waals surface area contributed by atoms with Gasteiger partial charge in [-0.15, -0.1) is 0 Å². The lowest BCUT2D eigenvalue weighted by atomic mass is 10.1. The zero-order valence-electron chi connectivity index (χ0n) is 22.5. The largest absolute Gasteiger partial charge is 0.454 e. The first kappa shape index (κ1) is 30.0. The highest BCUT2D eigenvalue weighted by Crippen LogP contribution is 2.36. The van der Waals surface area contributed by atoms with Gasteiger partial charge in [-0.05, 0) is 61.5 Å². The van der Waals surface area contributed by atoms with E-state index in [0.29, 0.717) is 21.3 Å². The minimum Gasteiger partial charge on any atom is -0.454 e. The Bertz CT molecular complexity index is 1800. The van der Waals surface area contributed by atoms with Gasteiger partial charge in [0, 0.05) is 22.6 Å². The number of halogens is 2. The second-order valence-electron chi connectivity index (χ2n) is 9.58. The number of aromatic nitrogens is 1. The second-order valence-corrected chi connectivity index (χ2v) is 11.6. The number of nitriles is 1. The van der Waals surface area contributed by atoms with E-state index in [1.54, 1.807) is 12.1 Å². The molecule has 5 rings (SSSR count). The standard InChI is InChI=1S/C32H21Cl2N3O5S/c1-18-2-4-19(5-3-18)26-13-8-21(16-35)30(36-26)43-28-15-29(39)37(31(28)40)23-10-6-20(7-11-23)32(41)42-17-27(38)24-12-9-22(33)14-25(24)34/h2-14,28H,15,17H2,1H3. The van der Waals surface area contributed by atoms with E-state index in [9.17, 15) is 24.4 Å². The smallest absolute Gasteiger partial charge is 0.338 e. The maximum Gasteiger partial charge on any atom is 0.338 e. The molecule has 1 aromatic heterocycles. The minimum absolute atomic E-state index is 0.0794. The molecule has 0 radical (unpaired) electrons. The number of thioether (sulfide) groups is 1. The van der Waals surface area contributed by atoms with Crippen LogP contribution in [0, 0.1) is 18.3 Å². The summed E-state index contributed by atoms with van der Waals surface area (Å²) < 4.78 is 5.13. The second kappa shape index (κ2) is 12.8. The van der Waals surface area contributed by atoms with Gasteiger partial charge >= 0.3 is 5.97 Å². The molecule has 0 aliphatic carbocycles. The first-order chi connectivity index (χ1) is 20.6. The summed E-state index contributed by atoms with van der Waals surface area (Å²) in [7, 11) is 0. The molecule has 1 atom stereocenters. The predicted octanol–water partition coefficient (Wildman–Crippen LogP) is 6.70. The number of carbonyl (C=O) groups is 4. The summed E-state index contributed by atoms with van der Waals surface area (Å²) in [6, 6.07) is 23.4. The minimum atomic E-state index is -0.782. The number of imide groups is 1. The Labute approximate surface area is 261 Å². The number of Topliss-reactive ketones (excluding diaryl/α,β-unsaturated/α-hetero) is 1. The van der Waals surface area contributed by atoms with Crippen LogP contribution in [-0.4, -0.2) is 40.4 Å². The summed E-state index contributed by atoms with van der Waals surface area (Å²) in [5.41, 5.74) is 3.49. The van der Waals surface area contributed by atoms with E-state index in [1.165, 1.54) is 42.5 Å². The number of ketones is 1. The van der Waals surface area contributed by atoms with Crippen LogP contribution in [0.2, 0.25) is 10.0 Å².